The largest absolute Gasteiger partial charge is 0.338 e. The number of halogens is 1. The Bertz CT molecular complexity index is 1090. The van der Waals surface area contributed by atoms with Gasteiger partial charge in [-0.25, -0.2) is 4.39 Å². The van der Waals surface area contributed by atoms with E-state index in [4.69, 9.17) is 0 Å². The number of rotatable bonds is 5. The SMILES string of the molecule is CC(C)n1cc(C(=O)N2CCC[C@@H](C(=O)c3ccc(-c4ccccc4)c(F)c3)C2)cn1. The van der Waals surface area contributed by atoms with E-state index < -0.39 is 5.82 Å². The van der Waals surface area contributed by atoms with Crippen LogP contribution < -0.4 is 0 Å². The van der Waals surface area contributed by atoms with Crippen molar-refractivity contribution in [2.24, 2.45) is 5.92 Å². The van der Waals surface area contributed by atoms with Crippen molar-refractivity contribution in [3.05, 3.63) is 77.9 Å². The minimum Gasteiger partial charge on any atom is -0.338 e. The van der Waals surface area contributed by atoms with E-state index in [9.17, 15) is 14.0 Å². The molecular formula is C25H26FN3O2. The minimum atomic E-state index is -0.415. The van der Waals surface area contributed by atoms with Gasteiger partial charge in [-0.1, -0.05) is 42.5 Å². The fourth-order valence-corrected chi connectivity index (χ4v) is 4.04. The highest BCUT2D eigenvalue weighted by Gasteiger charge is 2.30. The summed E-state index contributed by atoms with van der Waals surface area (Å²) in [7, 11) is 0. The van der Waals surface area contributed by atoms with Gasteiger partial charge in [-0.15, -0.1) is 0 Å². The Kier molecular flexibility index (Phi) is 5.98. The topological polar surface area (TPSA) is 55.2 Å². The molecule has 1 fully saturated rings. The summed E-state index contributed by atoms with van der Waals surface area (Å²) in [6.45, 7) is 4.95. The third-order valence-electron chi connectivity index (χ3n) is 5.80. The Labute approximate surface area is 181 Å². The quantitative estimate of drug-likeness (QED) is 0.547. The van der Waals surface area contributed by atoms with Gasteiger partial charge in [0.25, 0.3) is 5.91 Å². The van der Waals surface area contributed by atoms with Gasteiger partial charge in [0.2, 0.25) is 0 Å². The van der Waals surface area contributed by atoms with E-state index in [1.54, 1.807) is 34.1 Å². The van der Waals surface area contributed by atoms with Crippen LogP contribution in [-0.4, -0.2) is 39.5 Å². The number of Topliss-reactive ketones (excluding diaryl/α,β-unsaturated/α-hetero) is 1. The van der Waals surface area contributed by atoms with Gasteiger partial charge in [0.05, 0.1) is 11.8 Å². The van der Waals surface area contributed by atoms with E-state index in [-0.39, 0.29) is 23.7 Å². The molecule has 5 nitrogen and oxygen atoms in total. The molecule has 0 unspecified atom stereocenters. The second-order valence-corrected chi connectivity index (χ2v) is 8.32. The normalized spacial score (nSPS) is 16.5. The first-order valence-corrected chi connectivity index (χ1v) is 10.7. The fourth-order valence-electron chi connectivity index (χ4n) is 4.04. The second kappa shape index (κ2) is 8.84. The lowest BCUT2D eigenvalue weighted by Gasteiger charge is -2.32. The molecule has 1 saturated heterocycles. The predicted molar refractivity (Wildman–Crippen MR) is 117 cm³/mol. The van der Waals surface area contributed by atoms with E-state index in [1.807, 2.05) is 44.2 Å². The lowest BCUT2D eigenvalue weighted by Crippen LogP contribution is -2.42. The minimum absolute atomic E-state index is 0.116. The van der Waals surface area contributed by atoms with Crippen LogP contribution in [0.2, 0.25) is 0 Å². The number of nitrogens with zero attached hydrogens (tertiary/aromatic N) is 3. The van der Waals surface area contributed by atoms with Crippen molar-refractivity contribution >= 4 is 11.7 Å². The van der Waals surface area contributed by atoms with Crippen molar-refractivity contribution < 1.29 is 14.0 Å². The summed E-state index contributed by atoms with van der Waals surface area (Å²) in [5, 5.41) is 4.24. The summed E-state index contributed by atoms with van der Waals surface area (Å²) in [6, 6.07) is 14.1. The average molecular weight is 420 g/mol. The van der Waals surface area contributed by atoms with Gasteiger partial charge in [-0.2, -0.15) is 5.10 Å². The number of likely N-dealkylation sites (tertiary alicyclic amines) is 1. The number of benzene rings is 2. The lowest BCUT2D eigenvalue weighted by atomic mass is 9.89. The zero-order chi connectivity index (χ0) is 22.0. The van der Waals surface area contributed by atoms with Gasteiger partial charge < -0.3 is 4.90 Å². The van der Waals surface area contributed by atoms with Gasteiger partial charge in [0.1, 0.15) is 5.82 Å². The van der Waals surface area contributed by atoms with Crippen LogP contribution in [0, 0.1) is 11.7 Å². The fraction of sp³-hybridized carbons (Fsp3) is 0.320. The van der Waals surface area contributed by atoms with Gasteiger partial charge in [-0.05, 0) is 38.3 Å². The van der Waals surface area contributed by atoms with Gasteiger partial charge in [0, 0.05) is 42.4 Å². The maximum atomic E-state index is 14.7. The summed E-state index contributed by atoms with van der Waals surface area (Å²) in [6.07, 6.45) is 4.75. The van der Waals surface area contributed by atoms with E-state index in [2.05, 4.69) is 5.10 Å². The number of hydrogen-bond acceptors (Lipinski definition) is 3. The van der Waals surface area contributed by atoms with Crippen molar-refractivity contribution in [2.45, 2.75) is 32.7 Å². The van der Waals surface area contributed by atoms with Gasteiger partial charge in [-0.3, -0.25) is 14.3 Å². The highest BCUT2D eigenvalue weighted by Crippen LogP contribution is 2.27. The molecule has 1 atom stereocenters. The molecule has 0 aliphatic carbocycles. The van der Waals surface area contributed by atoms with Crippen LogP contribution in [0.25, 0.3) is 11.1 Å². The van der Waals surface area contributed by atoms with Crippen molar-refractivity contribution in [2.75, 3.05) is 13.1 Å². The van der Waals surface area contributed by atoms with Crippen LogP contribution in [0.4, 0.5) is 4.39 Å². The van der Waals surface area contributed by atoms with Crippen LogP contribution >= 0.6 is 0 Å². The molecule has 2 aromatic carbocycles. The van der Waals surface area contributed by atoms with E-state index in [0.29, 0.717) is 36.2 Å². The van der Waals surface area contributed by atoms with Gasteiger partial charge in [0.15, 0.2) is 5.78 Å². The standard InChI is InChI=1S/C25H26FN3O2/c1-17(2)29-16-21(14-27-29)25(31)28-12-6-9-20(15-28)24(30)19-10-11-22(23(26)13-19)18-7-4-3-5-8-18/h3-5,7-8,10-11,13-14,16-17,20H,6,9,12,15H2,1-2H3/t20-/m1/s1. The number of hydrogen-bond donors (Lipinski definition) is 0. The summed E-state index contributed by atoms with van der Waals surface area (Å²) < 4.78 is 16.5. The molecule has 0 radical (unpaired) electrons. The van der Waals surface area contributed by atoms with Gasteiger partial charge >= 0.3 is 0 Å². The summed E-state index contributed by atoms with van der Waals surface area (Å²) >= 11 is 0. The van der Waals surface area contributed by atoms with Crippen molar-refractivity contribution in [3.63, 3.8) is 0 Å². The smallest absolute Gasteiger partial charge is 0.257 e. The van der Waals surface area contributed by atoms with E-state index in [0.717, 1.165) is 12.0 Å². The van der Waals surface area contributed by atoms with Crippen LogP contribution in [0.5, 0.6) is 0 Å². The first-order chi connectivity index (χ1) is 14.9. The number of amides is 1. The molecule has 1 amide bonds. The highest BCUT2D eigenvalue weighted by atomic mass is 19.1. The van der Waals surface area contributed by atoms with E-state index >= 15 is 0 Å². The summed E-state index contributed by atoms with van der Waals surface area (Å²) in [4.78, 5) is 27.7. The zero-order valence-corrected chi connectivity index (χ0v) is 17.8. The summed E-state index contributed by atoms with van der Waals surface area (Å²) in [5.74, 6) is -0.981. The van der Waals surface area contributed by atoms with Crippen LogP contribution in [-0.2, 0) is 0 Å². The second-order valence-electron chi connectivity index (χ2n) is 8.32. The number of aromatic nitrogens is 2. The highest BCUT2D eigenvalue weighted by molar-refractivity contribution is 5.99. The first-order valence-electron chi connectivity index (χ1n) is 10.7. The lowest BCUT2D eigenvalue weighted by molar-refractivity contribution is 0.0636. The van der Waals surface area contributed by atoms with Crippen molar-refractivity contribution in [1.29, 1.82) is 0 Å². The number of piperidine rings is 1. The molecule has 1 aliphatic rings. The molecule has 0 saturated carbocycles. The molecule has 0 bridgehead atoms. The molecular weight excluding hydrogens is 393 g/mol. The molecule has 160 valence electrons. The number of carbonyl (C=O) groups is 2. The average Bonchev–Trinajstić information content (AvgIpc) is 3.29. The molecule has 6 heteroatoms. The molecule has 0 spiro atoms. The van der Waals surface area contributed by atoms with Crippen LogP contribution in [0.1, 0.15) is 53.4 Å². The Morgan fingerprint density at radius 3 is 2.55 bits per heavy atom. The Morgan fingerprint density at radius 2 is 1.87 bits per heavy atom. The molecule has 1 aliphatic heterocycles. The maximum absolute atomic E-state index is 14.7. The predicted octanol–water partition coefficient (Wildman–Crippen LogP) is 5.01. The monoisotopic (exact) mass is 419 g/mol. The maximum Gasteiger partial charge on any atom is 0.257 e. The first kappa shape index (κ1) is 21.0. The number of carbonyl (C=O) groups excluding carboxylic acids is 2. The third kappa shape index (κ3) is 4.43. The van der Waals surface area contributed by atoms with Crippen molar-refractivity contribution in [1.82, 2.24) is 14.7 Å². The number of ketones is 1. The van der Waals surface area contributed by atoms with Crippen LogP contribution in [0.15, 0.2) is 60.9 Å². The molecule has 3 aromatic rings. The Hall–Kier alpha value is -3.28. The third-order valence-corrected chi connectivity index (χ3v) is 5.80. The Balaban J connectivity index is 1.48. The summed E-state index contributed by atoms with van der Waals surface area (Å²) in [5.41, 5.74) is 2.12. The molecule has 1 aromatic heterocycles. The molecule has 4 rings (SSSR count). The molecule has 2 heterocycles. The van der Waals surface area contributed by atoms with Crippen molar-refractivity contribution in [3.8, 4) is 11.1 Å². The van der Waals surface area contributed by atoms with E-state index in [1.165, 1.54) is 6.07 Å². The molecule has 0 N–H and O–H groups in total. The Morgan fingerprint density at radius 1 is 1.10 bits per heavy atom. The molecule has 31 heavy (non-hydrogen) atoms. The zero-order valence-electron chi connectivity index (χ0n) is 17.8. The van der Waals surface area contributed by atoms with Crippen LogP contribution in [0.3, 0.4) is 0 Å².